The number of aliphatic hydroxyl groups excluding tert-OH is 1. The van der Waals surface area contributed by atoms with Crippen LogP contribution in [0.4, 0.5) is 0 Å². The van der Waals surface area contributed by atoms with Gasteiger partial charge in [-0.15, -0.1) is 0 Å². The van der Waals surface area contributed by atoms with E-state index >= 15 is 0 Å². The zero-order valence-electron chi connectivity index (χ0n) is 7.72. The molecule has 0 aliphatic heterocycles. The molecule has 66 valence electrons. The molecule has 2 nitrogen and oxygen atoms in total. The number of hydrogen-bond acceptors (Lipinski definition) is 1. The lowest BCUT2D eigenvalue weighted by atomic mass is 10.2. The molecule has 0 amide bonds. The topological polar surface area (TPSA) is 25.2 Å². The molecule has 0 aliphatic carbocycles. The summed E-state index contributed by atoms with van der Waals surface area (Å²) < 4.78 is 2.00. The van der Waals surface area contributed by atoms with Gasteiger partial charge < -0.3 is 9.67 Å². The van der Waals surface area contributed by atoms with Crippen molar-refractivity contribution in [1.29, 1.82) is 0 Å². The van der Waals surface area contributed by atoms with E-state index in [4.69, 9.17) is 5.11 Å². The first-order chi connectivity index (χ1) is 5.59. The average Bonchev–Trinajstić information content (AvgIpc) is 2.23. The van der Waals surface area contributed by atoms with Crippen molar-refractivity contribution in [3.63, 3.8) is 0 Å². The quantitative estimate of drug-likeness (QED) is 0.651. The zero-order valence-corrected chi connectivity index (χ0v) is 7.72. The lowest BCUT2D eigenvalue weighted by molar-refractivity contribution is 0.274. The van der Waals surface area contributed by atoms with Gasteiger partial charge in [-0.2, -0.15) is 0 Å². The van der Waals surface area contributed by atoms with Gasteiger partial charge in [-0.05, 0) is 24.6 Å². The number of rotatable bonds is 2. The molecule has 0 aliphatic rings. The van der Waals surface area contributed by atoms with Crippen molar-refractivity contribution in [1.82, 2.24) is 4.57 Å². The third-order valence-electron chi connectivity index (χ3n) is 2.40. The van der Waals surface area contributed by atoms with Gasteiger partial charge in [0.25, 0.3) is 0 Å². The molecule has 0 fully saturated rings. The second-order valence-corrected chi connectivity index (χ2v) is 3.01. The van der Waals surface area contributed by atoms with Gasteiger partial charge in [-0.1, -0.05) is 13.2 Å². The van der Waals surface area contributed by atoms with E-state index in [1.165, 1.54) is 5.56 Å². The summed E-state index contributed by atoms with van der Waals surface area (Å²) >= 11 is 0. The number of hydrogen-bond donors (Lipinski definition) is 1. The van der Waals surface area contributed by atoms with E-state index in [9.17, 15) is 0 Å². The Hall–Kier alpha value is -1.02. The van der Waals surface area contributed by atoms with Gasteiger partial charge in [0.15, 0.2) is 0 Å². The summed E-state index contributed by atoms with van der Waals surface area (Å²) in [6.45, 7) is 12.6. The lowest BCUT2D eigenvalue weighted by Crippen LogP contribution is -2.28. The normalized spacial score (nSPS) is 10.6. The van der Waals surface area contributed by atoms with E-state index in [0.29, 0.717) is 6.54 Å². The highest BCUT2D eigenvalue weighted by atomic mass is 16.3. The molecule has 0 unspecified atom stereocenters. The molecule has 1 N–H and O–H groups in total. The van der Waals surface area contributed by atoms with E-state index in [0.717, 1.165) is 16.3 Å². The van der Waals surface area contributed by atoms with Crippen molar-refractivity contribution < 1.29 is 5.11 Å². The van der Waals surface area contributed by atoms with Gasteiger partial charge >= 0.3 is 0 Å². The van der Waals surface area contributed by atoms with Crippen LogP contribution in [0.1, 0.15) is 11.3 Å². The SMILES string of the molecule is C=c1c(C)c(C)n(CCO)c1=C. The molecule has 1 heterocycles. The Morgan fingerprint density at radius 1 is 1.33 bits per heavy atom. The predicted molar refractivity (Wildman–Crippen MR) is 51.3 cm³/mol. The predicted octanol–water partition coefficient (Wildman–Crippen LogP) is -0.0822. The standard InChI is InChI=1S/C10H15NO/c1-7-8(2)10(4)11(5-6-12)9(7)3/h12H,1,3,5-6H2,2,4H3. The molecule has 2 heteroatoms. The van der Waals surface area contributed by atoms with Crippen molar-refractivity contribution in [3.05, 3.63) is 21.8 Å². The maximum Gasteiger partial charge on any atom is 0.0610 e. The van der Waals surface area contributed by atoms with Crippen molar-refractivity contribution in [2.75, 3.05) is 6.61 Å². The van der Waals surface area contributed by atoms with Crippen LogP contribution in [-0.2, 0) is 6.54 Å². The minimum atomic E-state index is 0.150. The molecule has 0 spiro atoms. The highest BCUT2D eigenvalue weighted by Gasteiger charge is 2.03. The Morgan fingerprint density at radius 3 is 2.25 bits per heavy atom. The first-order valence-corrected chi connectivity index (χ1v) is 4.04. The molecule has 0 saturated heterocycles. The minimum absolute atomic E-state index is 0.150. The van der Waals surface area contributed by atoms with Crippen LogP contribution in [0.15, 0.2) is 0 Å². The van der Waals surface area contributed by atoms with E-state index in [2.05, 4.69) is 13.2 Å². The largest absolute Gasteiger partial charge is 0.395 e. The Kier molecular flexibility index (Phi) is 2.38. The zero-order chi connectivity index (χ0) is 9.30. The lowest BCUT2D eigenvalue weighted by Gasteiger charge is -2.03. The summed E-state index contributed by atoms with van der Waals surface area (Å²) in [4.78, 5) is 0. The van der Waals surface area contributed by atoms with Gasteiger partial charge in [0, 0.05) is 17.6 Å². The summed E-state index contributed by atoms with van der Waals surface area (Å²) in [6, 6.07) is 0. The summed E-state index contributed by atoms with van der Waals surface area (Å²) in [7, 11) is 0. The van der Waals surface area contributed by atoms with Crippen molar-refractivity contribution >= 4 is 13.2 Å². The third-order valence-corrected chi connectivity index (χ3v) is 2.40. The smallest absolute Gasteiger partial charge is 0.0610 e. The van der Waals surface area contributed by atoms with E-state index in [1.54, 1.807) is 0 Å². The van der Waals surface area contributed by atoms with Gasteiger partial charge in [0.1, 0.15) is 0 Å². The van der Waals surface area contributed by atoms with Gasteiger partial charge in [0.05, 0.1) is 6.61 Å². The Bertz CT molecular complexity index is 376. The summed E-state index contributed by atoms with van der Waals surface area (Å²) in [5.74, 6) is 0. The number of aliphatic hydroxyl groups is 1. The van der Waals surface area contributed by atoms with Crippen molar-refractivity contribution in [2.24, 2.45) is 0 Å². The second kappa shape index (κ2) is 3.15. The van der Waals surface area contributed by atoms with Gasteiger partial charge in [-0.3, -0.25) is 0 Å². The van der Waals surface area contributed by atoms with Crippen LogP contribution >= 0.6 is 0 Å². The summed E-state index contributed by atoms with van der Waals surface area (Å²) in [6.07, 6.45) is 0. The van der Waals surface area contributed by atoms with Crippen LogP contribution in [0.5, 0.6) is 0 Å². The number of aromatic nitrogens is 1. The fourth-order valence-electron chi connectivity index (χ4n) is 1.41. The Labute approximate surface area is 72.5 Å². The maximum atomic E-state index is 8.80. The first-order valence-electron chi connectivity index (χ1n) is 4.04. The fraction of sp³-hybridized carbons (Fsp3) is 0.400. The average molecular weight is 165 g/mol. The van der Waals surface area contributed by atoms with Gasteiger partial charge in [-0.25, -0.2) is 0 Å². The molecule has 0 saturated carbocycles. The summed E-state index contributed by atoms with van der Waals surface area (Å²) in [5.41, 5.74) is 2.33. The van der Waals surface area contributed by atoms with Crippen LogP contribution in [0.25, 0.3) is 13.2 Å². The van der Waals surface area contributed by atoms with Gasteiger partial charge in [0.2, 0.25) is 0 Å². The Morgan fingerprint density at radius 2 is 1.92 bits per heavy atom. The van der Waals surface area contributed by atoms with Crippen LogP contribution < -0.4 is 10.6 Å². The van der Waals surface area contributed by atoms with Crippen LogP contribution in [0.3, 0.4) is 0 Å². The second-order valence-electron chi connectivity index (χ2n) is 3.01. The molecule has 0 atom stereocenters. The molecular weight excluding hydrogens is 150 g/mol. The molecule has 1 rings (SSSR count). The highest BCUT2D eigenvalue weighted by molar-refractivity contribution is 5.27. The monoisotopic (exact) mass is 165 g/mol. The van der Waals surface area contributed by atoms with E-state index in [1.807, 2.05) is 18.4 Å². The fourth-order valence-corrected chi connectivity index (χ4v) is 1.41. The third kappa shape index (κ3) is 1.18. The van der Waals surface area contributed by atoms with E-state index in [-0.39, 0.29) is 6.61 Å². The van der Waals surface area contributed by atoms with E-state index < -0.39 is 0 Å². The molecule has 0 bridgehead atoms. The molecule has 0 aromatic carbocycles. The number of nitrogens with zero attached hydrogens (tertiary/aromatic N) is 1. The van der Waals surface area contributed by atoms with Crippen molar-refractivity contribution in [2.45, 2.75) is 20.4 Å². The maximum absolute atomic E-state index is 8.80. The van der Waals surface area contributed by atoms with Crippen molar-refractivity contribution in [3.8, 4) is 0 Å². The molecule has 0 radical (unpaired) electrons. The van der Waals surface area contributed by atoms with Crippen LogP contribution in [0.2, 0.25) is 0 Å². The highest BCUT2D eigenvalue weighted by Crippen LogP contribution is 1.97. The minimum Gasteiger partial charge on any atom is -0.395 e. The molecule has 12 heavy (non-hydrogen) atoms. The summed E-state index contributed by atoms with van der Waals surface area (Å²) in [5, 5.41) is 10.7. The first kappa shape index (κ1) is 9.07. The molecule has 1 aromatic heterocycles. The van der Waals surface area contributed by atoms with Crippen LogP contribution in [-0.4, -0.2) is 16.3 Å². The van der Waals surface area contributed by atoms with Crippen LogP contribution in [0, 0.1) is 13.8 Å². The molecular formula is C10H15NO. The molecule has 1 aromatic rings. The Balaban J connectivity index is 3.39.